The third-order valence-electron chi connectivity index (χ3n) is 1.86. The van der Waals surface area contributed by atoms with Gasteiger partial charge in [-0.2, -0.15) is 0 Å². The monoisotopic (exact) mass is 239 g/mol. The Morgan fingerprint density at radius 2 is 2.29 bits per heavy atom. The highest BCUT2D eigenvalue weighted by Gasteiger charge is 2.12. The van der Waals surface area contributed by atoms with Gasteiger partial charge in [-0.15, -0.1) is 0 Å². The van der Waals surface area contributed by atoms with Crippen LogP contribution in [0.15, 0.2) is 18.2 Å². The van der Waals surface area contributed by atoms with Crippen LogP contribution < -0.4 is 15.8 Å². The minimum atomic E-state index is -0.535. The van der Waals surface area contributed by atoms with Gasteiger partial charge in [0.15, 0.2) is 0 Å². The molecule has 7 heteroatoms. The first-order valence-corrected chi connectivity index (χ1v) is 4.93. The largest absolute Gasteiger partial charge is 0.490 e. The molecule has 0 aliphatic carbocycles. The van der Waals surface area contributed by atoms with Gasteiger partial charge in [0.05, 0.1) is 16.7 Å². The Labute approximate surface area is 97.7 Å². The fourth-order valence-electron chi connectivity index (χ4n) is 1.21. The maximum Gasteiger partial charge on any atom is 0.273 e. The Hall–Kier alpha value is -2.15. The molecule has 1 aromatic carbocycles. The lowest BCUT2D eigenvalue weighted by molar-refractivity contribution is -0.384. The molecule has 0 fully saturated rings. The van der Waals surface area contributed by atoms with E-state index in [-0.39, 0.29) is 30.5 Å². The fourth-order valence-corrected chi connectivity index (χ4v) is 1.21. The zero-order valence-electron chi connectivity index (χ0n) is 9.30. The second kappa shape index (κ2) is 5.80. The Bertz CT molecular complexity index is 434. The molecule has 0 saturated heterocycles. The smallest absolute Gasteiger partial charge is 0.273 e. The van der Waals surface area contributed by atoms with Crippen LogP contribution in [0, 0.1) is 10.1 Å². The maximum atomic E-state index is 10.9. The van der Waals surface area contributed by atoms with E-state index in [0.717, 1.165) is 0 Å². The number of amides is 1. The van der Waals surface area contributed by atoms with Gasteiger partial charge < -0.3 is 15.8 Å². The molecular weight excluding hydrogens is 226 g/mol. The summed E-state index contributed by atoms with van der Waals surface area (Å²) in [6.45, 7) is 1.84. The highest BCUT2D eigenvalue weighted by atomic mass is 16.6. The number of anilines is 1. The molecule has 92 valence electrons. The predicted octanol–water partition coefficient (Wildman–Crippen LogP) is 0.891. The van der Waals surface area contributed by atoms with E-state index in [1.54, 1.807) is 0 Å². The Morgan fingerprint density at radius 1 is 1.59 bits per heavy atom. The molecule has 0 aliphatic heterocycles. The zero-order chi connectivity index (χ0) is 12.8. The average Bonchev–Trinajstić information content (AvgIpc) is 2.26. The highest BCUT2D eigenvalue weighted by molar-refractivity contribution is 5.90. The number of benzene rings is 1. The van der Waals surface area contributed by atoms with Gasteiger partial charge in [0.2, 0.25) is 5.91 Å². The first-order valence-electron chi connectivity index (χ1n) is 4.93. The Kier molecular flexibility index (Phi) is 4.41. The molecule has 17 heavy (non-hydrogen) atoms. The van der Waals surface area contributed by atoms with Crippen LogP contribution >= 0.6 is 0 Å². The van der Waals surface area contributed by atoms with Crippen LogP contribution in [0.25, 0.3) is 0 Å². The lowest BCUT2D eigenvalue weighted by Crippen LogP contribution is -2.13. The van der Waals surface area contributed by atoms with Crippen molar-refractivity contribution in [3.8, 4) is 5.75 Å². The van der Waals surface area contributed by atoms with Gasteiger partial charge >= 0.3 is 0 Å². The van der Waals surface area contributed by atoms with Crippen molar-refractivity contribution in [1.29, 1.82) is 0 Å². The first-order chi connectivity index (χ1) is 8.04. The van der Waals surface area contributed by atoms with E-state index in [2.05, 4.69) is 5.32 Å². The highest BCUT2D eigenvalue weighted by Crippen LogP contribution is 2.29. The zero-order valence-corrected chi connectivity index (χ0v) is 9.30. The number of rotatable bonds is 5. The molecule has 0 saturated carbocycles. The summed E-state index contributed by atoms with van der Waals surface area (Å²) >= 11 is 0. The van der Waals surface area contributed by atoms with Gasteiger partial charge in [-0.1, -0.05) is 0 Å². The number of ether oxygens (including phenoxy) is 1. The summed E-state index contributed by atoms with van der Waals surface area (Å²) in [7, 11) is 0. The van der Waals surface area contributed by atoms with Crippen molar-refractivity contribution >= 4 is 17.3 Å². The molecule has 1 aromatic rings. The molecule has 0 bridgehead atoms. The standard InChI is InChI=1S/C10H13N3O4/c1-7(14)12-9-3-2-8(13(15)16)6-10(9)17-5-4-11/h2-3,6H,4-5,11H2,1H3,(H,12,14). The molecule has 0 radical (unpaired) electrons. The Balaban J connectivity index is 3.02. The molecule has 7 nitrogen and oxygen atoms in total. The second-order valence-electron chi connectivity index (χ2n) is 3.26. The minimum absolute atomic E-state index is 0.105. The number of non-ortho nitro benzene ring substituents is 1. The van der Waals surface area contributed by atoms with E-state index in [1.165, 1.54) is 25.1 Å². The third-order valence-corrected chi connectivity index (χ3v) is 1.86. The number of carbonyl (C=O) groups is 1. The molecule has 0 unspecified atom stereocenters. The molecule has 1 rings (SSSR count). The van der Waals surface area contributed by atoms with E-state index in [9.17, 15) is 14.9 Å². The summed E-state index contributed by atoms with van der Waals surface area (Å²) in [4.78, 5) is 21.0. The van der Waals surface area contributed by atoms with E-state index >= 15 is 0 Å². The topological polar surface area (TPSA) is 107 Å². The molecule has 0 aliphatic rings. The summed E-state index contributed by atoms with van der Waals surface area (Å²) in [5.74, 6) is -0.0451. The summed E-state index contributed by atoms with van der Waals surface area (Å²) < 4.78 is 5.23. The van der Waals surface area contributed by atoms with Crippen LogP contribution in [0.3, 0.4) is 0 Å². The van der Waals surface area contributed by atoms with Crippen LogP contribution in [-0.2, 0) is 4.79 Å². The molecule has 0 aromatic heterocycles. The van der Waals surface area contributed by atoms with E-state index < -0.39 is 4.92 Å². The maximum absolute atomic E-state index is 10.9. The molecule has 3 N–H and O–H groups in total. The van der Waals surface area contributed by atoms with Crippen LogP contribution in [0.1, 0.15) is 6.92 Å². The van der Waals surface area contributed by atoms with Crippen molar-refractivity contribution in [1.82, 2.24) is 0 Å². The van der Waals surface area contributed by atoms with Crippen LogP contribution in [0.4, 0.5) is 11.4 Å². The van der Waals surface area contributed by atoms with Crippen molar-refractivity contribution in [3.05, 3.63) is 28.3 Å². The van der Waals surface area contributed by atoms with Gasteiger partial charge in [0, 0.05) is 19.5 Å². The van der Waals surface area contributed by atoms with Crippen LogP contribution in [0.2, 0.25) is 0 Å². The van der Waals surface area contributed by atoms with E-state index in [4.69, 9.17) is 10.5 Å². The van der Waals surface area contributed by atoms with Crippen molar-refractivity contribution < 1.29 is 14.5 Å². The normalized spacial score (nSPS) is 9.76. The number of hydrogen-bond acceptors (Lipinski definition) is 5. The van der Waals surface area contributed by atoms with Gasteiger partial charge in [-0.05, 0) is 6.07 Å². The third kappa shape index (κ3) is 3.72. The predicted molar refractivity (Wildman–Crippen MR) is 61.9 cm³/mol. The van der Waals surface area contributed by atoms with Gasteiger partial charge in [-0.3, -0.25) is 14.9 Å². The van der Waals surface area contributed by atoms with Gasteiger partial charge in [0.25, 0.3) is 5.69 Å². The number of carbonyl (C=O) groups excluding carboxylic acids is 1. The number of nitrogens with one attached hydrogen (secondary N) is 1. The summed E-state index contributed by atoms with van der Waals surface area (Å²) in [5.41, 5.74) is 5.56. The molecular formula is C10H13N3O4. The number of nitro benzene ring substituents is 1. The first kappa shape index (κ1) is 12.9. The number of hydrogen-bond donors (Lipinski definition) is 2. The molecule has 0 spiro atoms. The lowest BCUT2D eigenvalue weighted by atomic mass is 10.2. The average molecular weight is 239 g/mol. The fraction of sp³-hybridized carbons (Fsp3) is 0.300. The van der Waals surface area contributed by atoms with Crippen molar-refractivity contribution in [2.75, 3.05) is 18.5 Å². The molecule has 0 heterocycles. The molecule has 1 amide bonds. The SMILES string of the molecule is CC(=O)Nc1ccc([N+](=O)[O-])cc1OCCN. The number of nitro groups is 1. The second-order valence-corrected chi connectivity index (χ2v) is 3.26. The number of nitrogens with zero attached hydrogens (tertiary/aromatic N) is 1. The van der Waals surface area contributed by atoms with Crippen LogP contribution in [0.5, 0.6) is 5.75 Å². The van der Waals surface area contributed by atoms with Crippen LogP contribution in [-0.4, -0.2) is 24.0 Å². The molecule has 0 atom stereocenters. The van der Waals surface area contributed by atoms with E-state index in [1.807, 2.05) is 0 Å². The lowest BCUT2D eigenvalue weighted by Gasteiger charge is -2.10. The summed E-state index contributed by atoms with van der Waals surface area (Å²) in [5, 5.41) is 13.1. The summed E-state index contributed by atoms with van der Waals surface area (Å²) in [6.07, 6.45) is 0. The van der Waals surface area contributed by atoms with Crippen molar-refractivity contribution in [3.63, 3.8) is 0 Å². The van der Waals surface area contributed by atoms with Crippen molar-refractivity contribution in [2.45, 2.75) is 6.92 Å². The van der Waals surface area contributed by atoms with Crippen molar-refractivity contribution in [2.24, 2.45) is 5.73 Å². The van der Waals surface area contributed by atoms with Gasteiger partial charge in [0.1, 0.15) is 12.4 Å². The van der Waals surface area contributed by atoms with E-state index in [0.29, 0.717) is 5.69 Å². The number of nitrogens with two attached hydrogens (primary N) is 1. The Morgan fingerprint density at radius 3 is 2.82 bits per heavy atom. The quantitative estimate of drug-likeness (QED) is 0.586. The summed E-state index contributed by atoms with van der Waals surface area (Å²) in [6, 6.07) is 3.97. The minimum Gasteiger partial charge on any atom is -0.490 e. The van der Waals surface area contributed by atoms with Gasteiger partial charge in [-0.25, -0.2) is 0 Å².